The predicted molar refractivity (Wildman–Crippen MR) is 121 cm³/mol. The molecule has 0 atom stereocenters. The van der Waals surface area contributed by atoms with Crippen LogP contribution >= 0.6 is 0 Å². The third-order valence-corrected chi connectivity index (χ3v) is 5.77. The van der Waals surface area contributed by atoms with Gasteiger partial charge in [0, 0.05) is 49.8 Å². The number of rotatable bonds is 7. The molecule has 1 aliphatic heterocycles. The van der Waals surface area contributed by atoms with Crippen molar-refractivity contribution in [3.63, 3.8) is 0 Å². The van der Waals surface area contributed by atoms with E-state index in [1.54, 1.807) is 17.8 Å². The van der Waals surface area contributed by atoms with Gasteiger partial charge in [0.2, 0.25) is 0 Å². The van der Waals surface area contributed by atoms with E-state index in [4.69, 9.17) is 4.74 Å². The second kappa shape index (κ2) is 9.34. The molecule has 1 amide bonds. The van der Waals surface area contributed by atoms with Crippen molar-refractivity contribution in [1.29, 1.82) is 0 Å². The highest BCUT2D eigenvalue weighted by Gasteiger charge is 2.18. The summed E-state index contributed by atoms with van der Waals surface area (Å²) in [5.74, 6) is 0.770. The molecule has 1 N–H and O–H groups in total. The maximum atomic E-state index is 12.6. The summed E-state index contributed by atoms with van der Waals surface area (Å²) in [6, 6.07) is 10.2. The Balaban J connectivity index is 1.21. The van der Waals surface area contributed by atoms with Crippen LogP contribution in [0.3, 0.4) is 0 Å². The van der Waals surface area contributed by atoms with Crippen LogP contribution in [-0.2, 0) is 0 Å². The molecule has 3 aromatic rings. The molecule has 3 heterocycles. The number of hydrogen-bond acceptors (Lipinski definition) is 6. The van der Waals surface area contributed by atoms with Gasteiger partial charge < -0.3 is 15.0 Å². The molecular weight excluding hydrogens is 392 g/mol. The number of piperazine rings is 1. The molecule has 1 fully saturated rings. The fourth-order valence-electron chi connectivity index (χ4n) is 4.05. The summed E-state index contributed by atoms with van der Waals surface area (Å²) in [6.07, 6.45) is 2.52. The van der Waals surface area contributed by atoms with E-state index in [-0.39, 0.29) is 5.91 Å². The summed E-state index contributed by atoms with van der Waals surface area (Å²) in [6.45, 7) is 9.56. The highest BCUT2D eigenvalue weighted by molar-refractivity contribution is 5.99. The first kappa shape index (κ1) is 21.1. The molecule has 8 heteroatoms. The first-order valence-electron chi connectivity index (χ1n) is 10.8. The van der Waals surface area contributed by atoms with Gasteiger partial charge in [-0.15, -0.1) is 0 Å². The quantitative estimate of drug-likeness (QED) is 0.589. The lowest BCUT2D eigenvalue weighted by Gasteiger charge is -2.36. The molecule has 1 aromatic carbocycles. The molecule has 1 saturated heterocycles. The van der Waals surface area contributed by atoms with Crippen LogP contribution in [0.25, 0.3) is 5.65 Å². The smallest absolute Gasteiger partial charge is 0.256 e. The maximum absolute atomic E-state index is 12.6. The molecule has 0 aliphatic carbocycles. The monoisotopic (exact) mass is 422 g/mol. The highest BCUT2D eigenvalue weighted by atomic mass is 16.5. The van der Waals surface area contributed by atoms with E-state index in [9.17, 15) is 4.79 Å². The molecule has 164 valence electrons. The lowest BCUT2D eigenvalue weighted by atomic mass is 10.2. The van der Waals surface area contributed by atoms with Crippen molar-refractivity contribution in [3.05, 3.63) is 53.5 Å². The second-order valence-electron chi connectivity index (χ2n) is 7.97. The number of fused-ring (bicyclic) bond motifs is 1. The first-order chi connectivity index (χ1) is 15.0. The molecule has 31 heavy (non-hydrogen) atoms. The van der Waals surface area contributed by atoms with Crippen molar-refractivity contribution < 1.29 is 9.53 Å². The van der Waals surface area contributed by atoms with Crippen LogP contribution in [0.1, 0.15) is 28.2 Å². The zero-order valence-electron chi connectivity index (χ0n) is 18.5. The topological polar surface area (TPSA) is 75.0 Å². The van der Waals surface area contributed by atoms with E-state index >= 15 is 0 Å². The molecule has 0 unspecified atom stereocenters. The third-order valence-electron chi connectivity index (χ3n) is 5.77. The molecule has 2 aromatic heterocycles. The Kier molecular flexibility index (Phi) is 6.36. The number of ether oxygens (including phenoxy) is 1. The molecule has 4 rings (SSSR count). The van der Waals surface area contributed by atoms with E-state index in [1.165, 1.54) is 5.69 Å². The summed E-state index contributed by atoms with van der Waals surface area (Å²) < 4.78 is 6.95. The van der Waals surface area contributed by atoms with Crippen LogP contribution in [0.5, 0.6) is 5.75 Å². The highest BCUT2D eigenvalue weighted by Crippen LogP contribution is 2.20. The Hall–Kier alpha value is -3.13. The zero-order valence-corrected chi connectivity index (χ0v) is 18.5. The Bertz CT molecular complexity index is 1040. The molecule has 8 nitrogen and oxygen atoms in total. The Morgan fingerprint density at radius 2 is 1.87 bits per heavy atom. The number of hydrogen-bond donors (Lipinski definition) is 1. The van der Waals surface area contributed by atoms with Gasteiger partial charge in [0.05, 0.1) is 13.3 Å². The minimum atomic E-state index is -0.114. The van der Waals surface area contributed by atoms with E-state index in [0.717, 1.165) is 56.3 Å². The molecule has 0 bridgehead atoms. The molecule has 0 spiro atoms. The lowest BCUT2D eigenvalue weighted by molar-refractivity contribution is 0.0953. The average Bonchev–Trinajstić information content (AvgIpc) is 3.21. The van der Waals surface area contributed by atoms with Gasteiger partial charge in [-0.05, 0) is 57.1 Å². The van der Waals surface area contributed by atoms with Crippen LogP contribution in [0.2, 0.25) is 0 Å². The lowest BCUT2D eigenvalue weighted by Crippen LogP contribution is -2.47. The van der Waals surface area contributed by atoms with Crippen molar-refractivity contribution in [2.75, 3.05) is 51.3 Å². The van der Waals surface area contributed by atoms with E-state index in [2.05, 4.69) is 37.3 Å². The van der Waals surface area contributed by atoms with Gasteiger partial charge >= 0.3 is 0 Å². The summed E-state index contributed by atoms with van der Waals surface area (Å²) in [5.41, 5.74) is 4.23. The standard InChI is InChI=1S/C23H30N6O2/c1-17-15-18(2)29-22(26-17)21(16-25-29)23(30)24-9-4-10-27-11-13-28(14-12-27)19-5-7-20(31-3)8-6-19/h5-8,15-16H,4,9-14H2,1-3H3,(H,24,30). The molecule has 0 radical (unpaired) electrons. The normalized spacial score (nSPS) is 14.7. The number of anilines is 1. The van der Waals surface area contributed by atoms with Gasteiger partial charge in [0.25, 0.3) is 5.91 Å². The van der Waals surface area contributed by atoms with E-state index < -0.39 is 0 Å². The SMILES string of the molecule is COc1ccc(N2CCN(CCCNC(=O)c3cnn4c(C)cc(C)nc34)CC2)cc1. The van der Waals surface area contributed by atoms with Crippen molar-refractivity contribution in [2.24, 2.45) is 0 Å². The largest absolute Gasteiger partial charge is 0.497 e. The molecule has 0 saturated carbocycles. The summed E-state index contributed by atoms with van der Waals surface area (Å²) in [5, 5.41) is 7.32. The number of carbonyl (C=O) groups excluding carboxylic acids is 1. The maximum Gasteiger partial charge on any atom is 0.256 e. The van der Waals surface area contributed by atoms with Crippen molar-refractivity contribution in [2.45, 2.75) is 20.3 Å². The van der Waals surface area contributed by atoms with E-state index in [1.807, 2.05) is 32.0 Å². The Morgan fingerprint density at radius 3 is 2.58 bits per heavy atom. The number of nitrogens with one attached hydrogen (secondary N) is 1. The van der Waals surface area contributed by atoms with Crippen LogP contribution in [0.4, 0.5) is 5.69 Å². The van der Waals surface area contributed by atoms with Crippen LogP contribution < -0.4 is 15.0 Å². The summed E-state index contributed by atoms with van der Waals surface area (Å²) in [7, 11) is 1.69. The van der Waals surface area contributed by atoms with Crippen LogP contribution in [-0.4, -0.2) is 71.8 Å². The number of methoxy groups -OCH3 is 1. The number of aromatic nitrogens is 3. The van der Waals surface area contributed by atoms with Gasteiger partial charge in [0.15, 0.2) is 5.65 Å². The minimum absolute atomic E-state index is 0.114. The van der Waals surface area contributed by atoms with Gasteiger partial charge in [-0.1, -0.05) is 0 Å². The van der Waals surface area contributed by atoms with Crippen LogP contribution in [0, 0.1) is 13.8 Å². The average molecular weight is 423 g/mol. The van der Waals surface area contributed by atoms with Gasteiger partial charge in [-0.2, -0.15) is 5.10 Å². The van der Waals surface area contributed by atoms with Gasteiger partial charge in [0.1, 0.15) is 11.3 Å². The zero-order chi connectivity index (χ0) is 21.8. The fourth-order valence-corrected chi connectivity index (χ4v) is 4.05. The number of carbonyl (C=O) groups is 1. The number of amides is 1. The van der Waals surface area contributed by atoms with Crippen molar-refractivity contribution in [3.8, 4) is 5.75 Å². The third kappa shape index (κ3) is 4.80. The predicted octanol–water partition coefficient (Wildman–Crippen LogP) is 2.30. The van der Waals surface area contributed by atoms with Crippen molar-refractivity contribution >= 4 is 17.2 Å². The molecular formula is C23H30N6O2. The summed E-state index contributed by atoms with van der Waals surface area (Å²) in [4.78, 5) is 21.9. The van der Waals surface area contributed by atoms with Gasteiger partial charge in [-0.25, -0.2) is 9.50 Å². The van der Waals surface area contributed by atoms with Crippen molar-refractivity contribution in [1.82, 2.24) is 24.8 Å². The first-order valence-corrected chi connectivity index (χ1v) is 10.8. The van der Waals surface area contributed by atoms with Gasteiger partial charge in [-0.3, -0.25) is 9.69 Å². The number of aryl methyl sites for hydroxylation is 2. The fraction of sp³-hybridized carbons (Fsp3) is 0.435. The summed E-state index contributed by atoms with van der Waals surface area (Å²) >= 11 is 0. The second-order valence-corrected chi connectivity index (χ2v) is 7.97. The number of nitrogens with zero attached hydrogens (tertiary/aromatic N) is 5. The van der Waals surface area contributed by atoms with E-state index in [0.29, 0.717) is 17.8 Å². The Labute approximate surface area is 182 Å². The number of benzene rings is 1. The Morgan fingerprint density at radius 1 is 1.13 bits per heavy atom. The van der Waals surface area contributed by atoms with Crippen LogP contribution in [0.15, 0.2) is 36.5 Å². The minimum Gasteiger partial charge on any atom is -0.497 e. The molecule has 1 aliphatic rings.